The molecular weight excluding hydrogens is 238 g/mol. The Bertz CT molecular complexity index is 357. The van der Waals surface area contributed by atoms with Gasteiger partial charge in [-0.15, -0.1) is 0 Å². The minimum Gasteiger partial charge on any atom is -0.490 e. The molecule has 0 bridgehead atoms. The van der Waals surface area contributed by atoms with Crippen molar-refractivity contribution in [3.8, 4) is 11.5 Å². The standard InChI is InChI=1S/C12H19NO3S/c1-2-15-11-5-3-4-6-12(11)16-8-10-17(14)9-7-13/h3-6H,2,7-10,13H2,1H3. The highest BCUT2D eigenvalue weighted by Crippen LogP contribution is 2.26. The van der Waals surface area contributed by atoms with Crippen LogP contribution >= 0.6 is 0 Å². The maximum atomic E-state index is 11.4. The van der Waals surface area contributed by atoms with Crippen molar-refractivity contribution >= 4 is 10.8 Å². The van der Waals surface area contributed by atoms with Crippen LogP contribution in [0.5, 0.6) is 11.5 Å². The average Bonchev–Trinajstić information content (AvgIpc) is 2.32. The third-order valence-corrected chi connectivity index (χ3v) is 3.38. The zero-order valence-corrected chi connectivity index (χ0v) is 10.9. The molecule has 0 aliphatic rings. The summed E-state index contributed by atoms with van der Waals surface area (Å²) in [5.74, 6) is 2.44. The van der Waals surface area contributed by atoms with Crippen LogP contribution in [0.25, 0.3) is 0 Å². The van der Waals surface area contributed by atoms with E-state index in [0.717, 1.165) is 5.75 Å². The monoisotopic (exact) mass is 257 g/mol. The second-order valence-corrected chi connectivity index (χ2v) is 5.06. The minimum atomic E-state index is -0.895. The average molecular weight is 257 g/mol. The molecule has 0 aliphatic carbocycles. The summed E-state index contributed by atoms with van der Waals surface area (Å²) in [6.07, 6.45) is 0. The van der Waals surface area contributed by atoms with E-state index in [2.05, 4.69) is 0 Å². The molecule has 0 amide bonds. The first kappa shape index (κ1) is 14.0. The molecule has 96 valence electrons. The Hall–Kier alpha value is -1.07. The summed E-state index contributed by atoms with van der Waals surface area (Å²) in [6, 6.07) is 7.48. The van der Waals surface area contributed by atoms with Crippen LogP contribution in [-0.4, -0.2) is 35.5 Å². The number of hydrogen-bond donors (Lipinski definition) is 1. The van der Waals surface area contributed by atoms with E-state index in [1.54, 1.807) is 0 Å². The van der Waals surface area contributed by atoms with E-state index in [4.69, 9.17) is 15.2 Å². The Kier molecular flexibility index (Phi) is 6.65. The van der Waals surface area contributed by atoms with Crippen molar-refractivity contribution in [3.63, 3.8) is 0 Å². The molecule has 2 N–H and O–H groups in total. The van der Waals surface area contributed by atoms with Crippen molar-refractivity contribution < 1.29 is 13.7 Å². The van der Waals surface area contributed by atoms with Crippen molar-refractivity contribution in [2.75, 3.05) is 31.3 Å². The lowest BCUT2D eigenvalue weighted by Crippen LogP contribution is -2.16. The highest BCUT2D eigenvalue weighted by molar-refractivity contribution is 7.85. The van der Waals surface area contributed by atoms with Crippen LogP contribution in [0, 0.1) is 0 Å². The Morgan fingerprint density at radius 3 is 2.41 bits per heavy atom. The van der Waals surface area contributed by atoms with E-state index < -0.39 is 10.8 Å². The largest absolute Gasteiger partial charge is 0.490 e. The van der Waals surface area contributed by atoms with E-state index in [1.807, 2.05) is 31.2 Å². The molecule has 1 aromatic carbocycles. The van der Waals surface area contributed by atoms with Crippen LogP contribution in [0.4, 0.5) is 0 Å². The Labute approximate surface area is 105 Å². The summed E-state index contributed by atoms with van der Waals surface area (Å²) in [7, 11) is -0.895. The van der Waals surface area contributed by atoms with Crippen molar-refractivity contribution in [3.05, 3.63) is 24.3 Å². The van der Waals surface area contributed by atoms with Gasteiger partial charge in [0.05, 0.1) is 19.0 Å². The van der Waals surface area contributed by atoms with Crippen LogP contribution in [0.2, 0.25) is 0 Å². The lowest BCUT2D eigenvalue weighted by molar-refractivity contribution is 0.289. The molecule has 1 atom stereocenters. The van der Waals surface area contributed by atoms with E-state index in [-0.39, 0.29) is 0 Å². The van der Waals surface area contributed by atoms with Crippen molar-refractivity contribution in [2.24, 2.45) is 5.73 Å². The molecule has 0 saturated carbocycles. The van der Waals surface area contributed by atoms with Crippen LogP contribution in [0.3, 0.4) is 0 Å². The van der Waals surface area contributed by atoms with Crippen LogP contribution < -0.4 is 15.2 Å². The van der Waals surface area contributed by atoms with E-state index in [0.29, 0.717) is 37.0 Å². The van der Waals surface area contributed by atoms with E-state index >= 15 is 0 Å². The second-order valence-electron chi connectivity index (χ2n) is 3.36. The Balaban J connectivity index is 2.43. The third-order valence-electron chi connectivity index (χ3n) is 2.06. The highest BCUT2D eigenvalue weighted by atomic mass is 32.2. The molecule has 0 radical (unpaired) electrons. The van der Waals surface area contributed by atoms with Gasteiger partial charge in [-0.05, 0) is 19.1 Å². The topological polar surface area (TPSA) is 61.5 Å². The molecule has 1 rings (SSSR count). The number of benzene rings is 1. The molecule has 0 saturated heterocycles. The first-order valence-electron chi connectivity index (χ1n) is 5.67. The van der Waals surface area contributed by atoms with E-state index in [9.17, 15) is 4.21 Å². The van der Waals surface area contributed by atoms with Crippen molar-refractivity contribution in [1.29, 1.82) is 0 Å². The molecule has 0 heterocycles. The summed E-state index contributed by atoms with van der Waals surface area (Å²) < 4.78 is 22.3. The van der Waals surface area contributed by atoms with Gasteiger partial charge in [-0.3, -0.25) is 4.21 Å². The SMILES string of the molecule is CCOc1ccccc1OCCS(=O)CCN. The molecular formula is C12H19NO3S. The lowest BCUT2D eigenvalue weighted by atomic mass is 10.3. The molecule has 0 fully saturated rings. The van der Waals surface area contributed by atoms with Crippen LogP contribution in [0.1, 0.15) is 6.92 Å². The molecule has 0 aromatic heterocycles. The number of rotatable bonds is 8. The Morgan fingerprint density at radius 1 is 1.18 bits per heavy atom. The molecule has 0 spiro atoms. The first-order valence-corrected chi connectivity index (χ1v) is 7.16. The predicted octanol–water partition coefficient (Wildman–Crippen LogP) is 1.17. The number of hydrogen-bond acceptors (Lipinski definition) is 4. The second kappa shape index (κ2) is 8.08. The quantitative estimate of drug-likeness (QED) is 0.759. The molecule has 17 heavy (non-hydrogen) atoms. The first-order chi connectivity index (χ1) is 8.27. The van der Waals surface area contributed by atoms with Crippen LogP contribution in [0.15, 0.2) is 24.3 Å². The smallest absolute Gasteiger partial charge is 0.161 e. The van der Waals surface area contributed by atoms with Gasteiger partial charge < -0.3 is 15.2 Å². The van der Waals surface area contributed by atoms with Gasteiger partial charge in [0.15, 0.2) is 11.5 Å². The van der Waals surface area contributed by atoms with Crippen LogP contribution in [-0.2, 0) is 10.8 Å². The maximum absolute atomic E-state index is 11.4. The molecule has 1 aromatic rings. The molecule has 0 aliphatic heterocycles. The lowest BCUT2D eigenvalue weighted by Gasteiger charge is -2.11. The fourth-order valence-corrected chi connectivity index (χ4v) is 2.06. The highest BCUT2D eigenvalue weighted by Gasteiger charge is 2.04. The van der Waals surface area contributed by atoms with E-state index in [1.165, 1.54) is 0 Å². The van der Waals surface area contributed by atoms with Gasteiger partial charge >= 0.3 is 0 Å². The van der Waals surface area contributed by atoms with Gasteiger partial charge in [0.25, 0.3) is 0 Å². The summed E-state index contributed by atoms with van der Waals surface area (Å²) in [6.45, 7) is 3.38. The van der Waals surface area contributed by atoms with Crippen molar-refractivity contribution in [1.82, 2.24) is 0 Å². The predicted molar refractivity (Wildman–Crippen MR) is 70.0 cm³/mol. The Morgan fingerprint density at radius 2 is 1.82 bits per heavy atom. The van der Waals surface area contributed by atoms with Gasteiger partial charge in [0.2, 0.25) is 0 Å². The zero-order valence-electron chi connectivity index (χ0n) is 10.1. The fraction of sp³-hybridized carbons (Fsp3) is 0.500. The summed E-state index contributed by atoms with van der Waals surface area (Å²) >= 11 is 0. The molecule has 4 nitrogen and oxygen atoms in total. The molecule has 1 unspecified atom stereocenters. The zero-order chi connectivity index (χ0) is 12.5. The third kappa shape index (κ3) is 5.19. The summed E-state index contributed by atoms with van der Waals surface area (Å²) in [5, 5.41) is 0. The van der Waals surface area contributed by atoms with Crippen molar-refractivity contribution in [2.45, 2.75) is 6.92 Å². The van der Waals surface area contributed by atoms with Gasteiger partial charge in [-0.1, -0.05) is 12.1 Å². The normalized spacial score (nSPS) is 12.1. The maximum Gasteiger partial charge on any atom is 0.161 e. The minimum absolute atomic E-state index is 0.413. The van der Waals surface area contributed by atoms with Gasteiger partial charge in [-0.25, -0.2) is 0 Å². The number of para-hydroxylation sites is 2. The number of ether oxygens (including phenoxy) is 2. The van der Waals surface area contributed by atoms with Gasteiger partial charge in [0, 0.05) is 23.1 Å². The molecule has 5 heteroatoms. The summed E-state index contributed by atoms with van der Waals surface area (Å²) in [5.41, 5.74) is 5.32. The fourth-order valence-electron chi connectivity index (χ4n) is 1.32. The van der Waals surface area contributed by atoms with Gasteiger partial charge in [-0.2, -0.15) is 0 Å². The van der Waals surface area contributed by atoms with Gasteiger partial charge in [0.1, 0.15) is 0 Å². The summed E-state index contributed by atoms with van der Waals surface area (Å²) in [4.78, 5) is 0. The number of nitrogens with two attached hydrogens (primary N) is 1.